The van der Waals surface area contributed by atoms with Crippen molar-refractivity contribution in [3.8, 4) is 0 Å². The van der Waals surface area contributed by atoms with E-state index in [0.717, 1.165) is 38.0 Å². The summed E-state index contributed by atoms with van der Waals surface area (Å²) >= 11 is 0. The van der Waals surface area contributed by atoms with Crippen LogP contribution in [0.1, 0.15) is 44.7 Å². The van der Waals surface area contributed by atoms with Crippen molar-refractivity contribution in [2.75, 3.05) is 13.1 Å². The minimum absolute atomic E-state index is 0. The maximum Gasteiger partial charge on any atom is 0.237 e. The summed E-state index contributed by atoms with van der Waals surface area (Å²) in [6.45, 7) is 9.68. The highest BCUT2D eigenvalue weighted by Gasteiger charge is 2.21. The molecule has 1 aliphatic rings. The molecule has 3 unspecified atom stereocenters. The Hall–Kier alpha value is -1.14. The van der Waals surface area contributed by atoms with Crippen LogP contribution in [0.3, 0.4) is 0 Å². The number of halogens is 1. The first-order valence-electron chi connectivity index (χ1n) is 8.96. The van der Waals surface area contributed by atoms with E-state index in [4.69, 9.17) is 10.5 Å². The molecule has 1 aromatic carbocycles. The fourth-order valence-corrected chi connectivity index (χ4v) is 3.20. The number of hydrogen-bond acceptors (Lipinski definition) is 4. The minimum Gasteiger partial charge on any atom is -0.373 e. The molecule has 6 heteroatoms. The van der Waals surface area contributed by atoms with Gasteiger partial charge in [-0.3, -0.25) is 9.69 Å². The van der Waals surface area contributed by atoms with Gasteiger partial charge >= 0.3 is 0 Å². The standard InChI is InChI=1S/C19H31N3O2.ClH/c1-4-5-18(20)19(23)21-10-16-6-8-17(9-7-16)13-22-11-14(2)24-15(3)12-22;/h6-9,14-15,18H,4-5,10-13,20H2,1-3H3,(H,21,23);1H. The van der Waals surface area contributed by atoms with Crippen molar-refractivity contribution in [2.24, 2.45) is 5.73 Å². The summed E-state index contributed by atoms with van der Waals surface area (Å²) in [4.78, 5) is 14.3. The fraction of sp³-hybridized carbons (Fsp3) is 0.632. The molecule has 3 atom stereocenters. The Labute approximate surface area is 157 Å². The Kier molecular flexibility index (Phi) is 9.43. The molecule has 1 saturated heterocycles. The van der Waals surface area contributed by atoms with E-state index < -0.39 is 6.04 Å². The van der Waals surface area contributed by atoms with Gasteiger partial charge in [0.15, 0.2) is 0 Å². The molecule has 0 bridgehead atoms. The van der Waals surface area contributed by atoms with E-state index in [-0.39, 0.29) is 30.5 Å². The SMILES string of the molecule is CCCC(N)C(=O)NCc1ccc(CN2CC(C)OC(C)C2)cc1.Cl. The monoisotopic (exact) mass is 369 g/mol. The molecule has 5 nitrogen and oxygen atoms in total. The zero-order chi connectivity index (χ0) is 17.5. The summed E-state index contributed by atoms with van der Waals surface area (Å²) in [6, 6.07) is 8.03. The van der Waals surface area contributed by atoms with Crippen molar-refractivity contribution in [3.63, 3.8) is 0 Å². The highest BCUT2D eigenvalue weighted by atomic mass is 35.5. The van der Waals surface area contributed by atoms with Crippen LogP contribution in [0.5, 0.6) is 0 Å². The Morgan fingerprint density at radius 3 is 2.36 bits per heavy atom. The summed E-state index contributed by atoms with van der Waals surface area (Å²) in [7, 11) is 0. The van der Waals surface area contributed by atoms with Crippen LogP contribution in [0.2, 0.25) is 0 Å². The topological polar surface area (TPSA) is 67.6 Å². The molecule has 2 rings (SSSR count). The van der Waals surface area contributed by atoms with Crippen molar-refractivity contribution < 1.29 is 9.53 Å². The summed E-state index contributed by atoms with van der Waals surface area (Å²) in [5.74, 6) is -0.0720. The highest BCUT2D eigenvalue weighted by Crippen LogP contribution is 2.14. The third-order valence-electron chi connectivity index (χ3n) is 4.33. The Bertz CT molecular complexity index is 514. The van der Waals surface area contributed by atoms with Gasteiger partial charge < -0.3 is 15.8 Å². The number of ether oxygens (including phenoxy) is 1. The van der Waals surface area contributed by atoms with Crippen LogP contribution in [0, 0.1) is 0 Å². The third kappa shape index (κ3) is 7.32. The van der Waals surface area contributed by atoms with Crippen LogP contribution in [0.25, 0.3) is 0 Å². The molecule has 0 radical (unpaired) electrons. The molecule has 0 spiro atoms. The van der Waals surface area contributed by atoms with Gasteiger partial charge in [0.2, 0.25) is 5.91 Å². The zero-order valence-electron chi connectivity index (χ0n) is 15.5. The van der Waals surface area contributed by atoms with E-state index >= 15 is 0 Å². The predicted molar refractivity (Wildman–Crippen MR) is 104 cm³/mol. The highest BCUT2D eigenvalue weighted by molar-refractivity contribution is 5.85. The number of rotatable bonds is 7. The first-order valence-corrected chi connectivity index (χ1v) is 8.96. The molecule has 1 heterocycles. The molecule has 0 aliphatic carbocycles. The second-order valence-electron chi connectivity index (χ2n) is 6.88. The first kappa shape index (κ1) is 21.9. The number of carbonyl (C=O) groups is 1. The molecule has 25 heavy (non-hydrogen) atoms. The van der Waals surface area contributed by atoms with E-state index in [1.54, 1.807) is 0 Å². The van der Waals surface area contributed by atoms with Crippen LogP contribution in [0.15, 0.2) is 24.3 Å². The summed E-state index contributed by atoms with van der Waals surface area (Å²) < 4.78 is 5.77. The number of morpholine rings is 1. The smallest absolute Gasteiger partial charge is 0.237 e. The van der Waals surface area contributed by atoms with E-state index in [0.29, 0.717) is 6.54 Å². The third-order valence-corrected chi connectivity index (χ3v) is 4.33. The zero-order valence-corrected chi connectivity index (χ0v) is 16.3. The van der Waals surface area contributed by atoms with Gasteiger partial charge in [-0.1, -0.05) is 37.6 Å². The van der Waals surface area contributed by atoms with E-state index in [2.05, 4.69) is 48.3 Å². The molecule has 1 aromatic rings. The van der Waals surface area contributed by atoms with Gasteiger partial charge in [-0.25, -0.2) is 0 Å². The number of nitrogens with zero attached hydrogens (tertiary/aromatic N) is 1. The molecule has 142 valence electrons. The number of nitrogens with one attached hydrogen (secondary N) is 1. The average Bonchev–Trinajstić information content (AvgIpc) is 2.53. The number of nitrogens with two attached hydrogens (primary N) is 1. The minimum atomic E-state index is -0.403. The fourth-order valence-electron chi connectivity index (χ4n) is 3.20. The number of carbonyl (C=O) groups excluding carboxylic acids is 1. The Balaban J connectivity index is 0.00000312. The largest absolute Gasteiger partial charge is 0.373 e. The molecular weight excluding hydrogens is 338 g/mol. The molecule has 1 amide bonds. The van der Waals surface area contributed by atoms with Gasteiger partial charge in [0.1, 0.15) is 0 Å². The number of hydrogen-bond donors (Lipinski definition) is 2. The van der Waals surface area contributed by atoms with Crippen LogP contribution < -0.4 is 11.1 Å². The average molecular weight is 370 g/mol. The van der Waals surface area contributed by atoms with Crippen molar-refractivity contribution in [3.05, 3.63) is 35.4 Å². The maximum absolute atomic E-state index is 11.8. The van der Waals surface area contributed by atoms with Gasteiger partial charge in [-0.05, 0) is 31.4 Å². The van der Waals surface area contributed by atoms with Crippen molar-refractivity contribution >= 4 is 18.3 Å². The van der Waals surface area contributed by atoms with E-state index in [1.807, 2.05) is 6.92 Å². The second kappa shape index (κ2) is 10.8. The molecule has 3 N–H and O–H groups in total. The quantitative estimate of drug-likeness (QED) is 0.774. The Morgan fingerprint density at radius 2 is 1.80 bits per heavy atom. The lowest BCUT2D eigenvalue weighted by molar-refractivity contribution is -0.122. The first-order chi connectivity index (χ1) is 11.5. The molecular formula is C19H32ClN3O2. The Morgan fingerprint density at radius 1 is 1.24 bits per heavy atom. The summed E-state index contributed by atoms with van der Waals surface area (Å²) in [5.41, 5.74) is 8.20. The lowest BCUT2D eigenvalue weighted by atomic mass is 10.1. The predicted octanol–water partition coefficient (Wildman–Crippen LogP) is 2.46. The molecule has 0 aromatic heterocycles. The van der Waals surface area contributed by atoms with Gasteiger partial charge in [-0.15, -0.1) is 12.4 Å². The normalized spacial score (nSPS) is 22.1. The summed E-state index contributed by atoms with van der Waals surface area (Å²) in [5, 5.41) is 2.91. The molecule has 1 fully saturated rings. The van der Waals surface area contributed by atoms with Crippen molar-refractivity contribution in [1.82, 2.24) is 10.2 Å². The van der Waals surface area contributed by atoms with Gasteiger partial charge in [0.05, 0.1) is 18.2 Å². The van der Waals surface area contributed by atoms with Crippen LogP contribution >= 0.6 is 12.4 Å². The van der Waals surface area contributed by atoms with Gasteiger partial charge in [0, 0.05) is 26.2 Å². The molecule has 1 aliphatic heterocycles. The van der Waals surface area contributed by atoms with E-state index in [1.165, 1.54) is 5.56 Å². The number of amides is 1. The van der Waals surface area contributed by atoms with Crippen LogP contribution in [0.4, 0.5) is 0 Å². The molecule has 0 saturated carbocycles. The van der Waals surface area contributed by atoms with Gasteiger partial charge in [-0.2, -0.15) is 0 Å². The van der Waals surface area contributed by atoms with Crippen LogP contribution in [-0.4, -0.2) is 42.1 Å². The van der Waals surface area contributed by atoms with Gasteiger partial charge in [0.25, 0.3) is 0 Å². The van der Waals surface area contributed by atoms with Crippen LogP contribution in [-0.2, 0) is 22.6 Å². The lowest BCUT2D eigenvalue weighted by Crippen LogP contribution is -2.44. The summed E-state index contributed by atoms with van der Waals surface area (Å²) in [6.07, 6.45) is 2.22. The van der Waals surface area contributed by atoms with Crippen molar-refractivity contribution in [1.29, 1.82) is 0 Å². The maximum atomic E-state index is 11.8. The van der Waals surface area contributed by atoms with E-state index in [9.17, 15) is 4.79 Å². The number of benzene rings is 1. The van der Waals surface area contributed by atoms with Crippen molar-refractivity contribution in [2.45, 2.75) is 65.0 Å². The lowest BCUT2D eigenvalue weighted by Gasteiger charge is -2.35. The second-order valence-corrected chi connectivity index (χ2v) is 6.88.